The highest BCUT2D eigenvalue weighted by atomic mass is 19.4. The molecule has 1 amide bonds. The number of hydrogen-bond acceptors (Lipinski definition) is 6. The van der Waals surface area contributed by atoms with Gasteiger partial charge in [-0.3, -0.25) is 4.79 Å². The Balaban J connectivity index is 2.11. The third kappa shape index (κ3) is 5.24. The van der Waals surface area contributed by atoms with Crippen molar-refractivity contribution >= 4 is 5.91 Å². The maximum atomic E-state index is 13.8. The summed E-state index contributed by atoms with van der Waals surface area (Å²) in [6, 6.07) is 3.53. The number of carbonyl (C=O) groups is 1. The number of rotatable bonds is 5. The van der Waals surface area contributed by atoms with Crippen molar-refractivity contribution in [2.45, 2.75) is 43.7 Å². The molecule has 180 valence electrons. The Hall–Kier alpha value is -2.80. The van der Waals surface area contributed by atoms with Gasteiger partial charge in [-0.2, -0.15) is 13.2 Å². The highest BCUT2D eigenvalue weighted by molar-refractivity contribution is 5.75. The molecule has 4 N–H and O–H groups in total. The molecule has 1 fully saturated rings. The molecular weight excluding hydrogens is 457 g/mol. The predicted octanol–water partition coefficient (Wildman–Crippen LogP) is 1.97. The van der Waals surface area contributed by atoms with Gasteiger partial charge in [-0.15, -0.1) is 0 Å². The average molecular weight is 477 g/mol. The topological polar surface area (TPSA) is 108 Å². The molecule has 0 unspecified atom stereocenters. The van der Waals surface area contributed by atoms with E-state index in [4.69, 9.17) is 9.47 Å². The maximum absolute atomic E-state index is 13.8. The molecule has 0 spiro atoms. The summed E-state index contributed by atoms with van der Waals surface area (Å²) in [5.41, 5.74) is -2.23. The Bertz CT molecular complexity index is 1020. The zero-order valence-corrected chi connectivity index (χ0v) is 17.0. The molecule has 5 atom stereocenters. The van der Waals surface area contributed by atoms with Crippen LogP contribution in [-0.2, 0) is 15.7 Å². The first kappa shape index (κ1) is 24.8. The molecule has 12 heteroatoms. The molecule has 7 nitrogen and oxygen atoms in total. The first-order valence-corrected chi connectivity index (χ1v) is 9.66. The van der Waals surface area contributed by atoms with Crippen LogP contribution in [-0.4, -0.2) is 58.5 Å². The van der Waals surface area contributed by atoms with Crippen LogP contribution in [0.2, 0.25) is 0 Å². The molecule has 0 bridgehead atoms. The van der Waals surface area contributed by atoms with Crippen LogP contribution in [0.1, 0.15) is 12.5 Å². The second-order valence-electron chi connectivity index (χ2n) is 7.36. The number of ether oxygens (including phenoxy) is 2. The first-order valence-electron chi connectivity index (χ1n) is 9.66. The molecule has 1 aliphatic rings. The summed E-state index contributed by atoms with van der Waals surface area (Å²) in [7, 11) is 0. The Morgan fingerprint density at radius 3 is 2.39 bits per heavy atom. The number of aliphatic hydroxyl groups excluding tert-OH is 3. The summed E-state index contributed by atoms with van der Waals surface area (Å²) in [6.07, 6.45) is -11.3. The van der Waals surface area contributed by atoms with Crippen molar-refractivity contribution in [2.75, 3.05) is 6.61 Å². The van der Waals surface area contributed by atoms with Crippen LogP contribution < -0.4 is 10.1 Å². The van der Waals surface area contributed by atoms with Crippen molar-refractivity contribution in [1.82, 2.24) is 5.32 Å². The minimum absolute atomic E-state index is 0.358. The second-order valence-corrected chi connectivity index (χ2v) is 7.36. The third-order valence-corrected chi connectivity index (χ3v) is 5.03. The molecular formula is C21H20F5NO6. The van der Waals surface area contributed by atoms with Crippen molar-refractivity contribution in [1.29, 1.82) is 0 Å². The van der Waals surface area contributed by atoms with E-state index >= 15 is 0 Å². The molecule has 0 saturated carbocycles. The number of carbonyl (C=O) groups excluding carboxylic acids is 1. The Morgan fingerprint density at radius 2 is 1.82 bits per heavy atom. The fourth-order valence-electron chi connectivity index (χ4n) is 3.51. The van der Waals surface area contributed by atoms with E-state index in [1.807, 2.05) is 0 Å². The van der Waals surface area contributed by atoms with Gasteiger partial charge >= 0.3 is 6.18 Å². The second kappa shape index (κ2) is 9.59. The molecule has 0 aromatic heterocycles. The van der Waals surface area contributed by atoms with E-state index in [1.54, 1.807) is 0 Å². The molecule has 1 heterocycles. The van der Waals surface area contributed by atoms with Gasteiger partial charge in [0.25, 0.3) is 0 Å². The minimum atomic E-state index is -4.91. The van der Waals surface area contributed by atoms with Crippen LogP contribution in [0.25, 0.3) is 11.1 Å². The van der Waals surface area contributed by atoms with Gasteiger partial charge in [0, 0.05) is 12.5 Å². The zero-order chi connectivity index (χ0) is 24.5. The van der Waals surface area contributed by atoms with E-state index in [-0.39, 0.29) is 5.56 Å². The van der Waals surface area contributed by atoms with Crippen molar-refractivity contribution in [2.24, 2.45) is 0 Å². The van der Waals surface area contributed by atoms with E-state index in [1.165, 1.54) is 0 Å². The van der Waals surface area contributed by atoms with Gasteiger partial charge in [0.15, 0.2) is 11.6 Å². The van der Waals surface area contributed by atoms with Crippen molar-refractivity contribution in [3.63, 3.8) is 0 Å². The zero-order valence-electron chi connectivity index (χ0n) is 17.0. The molecule has 0 aliphatic carbocycles. The van der Waals surface area contributed by atoms with Crippen LogP contribution >= 0.6 is 0 Å². The average Bonchev–Trinajstić information content (AvgIpc) is 2.74. The van der Waals surface area contributed by atoms with Gasteiger partial charge in [-0.05, 0) is 29.8 Å². The smallest absolute Gasteiger partial charge is 0.417 e. The van der Waals surface area contributed by atoms with Crippen LogP contribution in [0.4, 0.5) is 22.0 Å². The van der Waals surface area contributed by atoms with E-state index in [0.29, 0.717) is 18.2 Å². The van der Waals surface area contributed by atoms with Gasteiger partial charge in [0.05, 0.1) is 12.2 Å². The van der Waals surface area contributed by atoms with Crippen LogP contribution in [0, 0.1) is 11.6 Å². The van der Waals surface area contributed by atoms with Gasteiger partial charge < -0.3 is 30.1 Å². The standard InChI is InChI=1S/C21H20F5NO6/c1-9(29)27-17-19(31)18(30)15(8-28)33-20(17)32-14-4-2-3-11(21(24,25)26)16(14)10-5-6-12(22)13(23)7-10/h2-7,15,17-20,28,30-31H,8H2,1H3,(H,27,29)/t15-,17-,18+,19-,20-/m1/s1. The largest absolute Gasteiger partial charge is 0.462 e. The quantitative estimate of drug-likeness (QED) is 0.491. The molecule has 1 saturated heterocycles. The lowest BCUT2D eigenvalue weighted by atomic mass is 9.96. The Labute approximate surface area is 184 Å². The molecule has 1 aliphatic heterocycles. The molecule has 0 radical (unpaired) electrons. The highest BCUT2D eigenvalue weighted by Crippen LogP contribution is 2.43. The minimum Gasteiger partial charge on any atom is -0.462 e. The summed E-state index contributed by atoms with van der Waals surface area (Å²) < 4.78 is 79.4. The third-order valence-electron chi connectivity index (χ3n) is 5.03. The molecule has 3 rings (SSSR count). The monoisotopic (exact) mass is 477 g/mol. The summed E-state index contributed by atoms with van der Waals surface area (Å²) in [4.78, 5) is 11.6. The number of halogens is 5. The van der Waals surface area contributed by atoms with E-state index in [9.17, 15) is 42.1 Å². The maximum Gasteiger partial charge on any atom is 0.417 e. The number of amides is 1. The van der Waals surface area contributed by atoms with Crippen molar-refractivity contribution < 1.29 is 51.5 Å². The summed E-state index contributed by atoms with van der Waals surface area (Å²) in [6.45, 7) is 0.314. The number of hydrogen-bond donors (Lipinski definition) is 4. The molecule has 2 aromatic carbocycles. The molecule has 2 aromatic rings. The molecule has 33 heavy (non-hydrogen) atoms. The van der Waals surface area contributed by atoms with Crippen molar-refractivity contribution in [3.8, 4) is 16.9 Å². The highest BCUT2D eigenvalue weighted by Gasteiger charge is 2.46. The fourth-order valence-corrected chi connectivity index (χ4v) is 3.51. The SMILES string of the molecule is CC(=O)N[C@H]1[C@H](Oc2cccc(C(F)(F)F)c2-c2ccc(F)c(F)c2)O[C@H](CO)[C@H](O)[C@@H]1O. The number of nitrogens with one attached hydrogen (secondary N) is 1. The predicted molar refractivity (Wildman–Crippen MR) is 103 cm³/mol. The van der Waals surface area contributed by atoms with Gasteiger partial charge in [-0.25, -0.2) is 8.78 Å². The summed E-state index contributed by atoms with van der Waals surface area (Å²) >= 11 is 0. The van der Waals surface area contributed by atoms with Gasteiger partial charge in [0.2, 0.25) is 12.2 Å². The lowest BCUT2D eigenvalue weighted by Crippen LogP contribution is -2.65. The Kier molecular flexibility index (Phi) is 7.22. The normalized spacial score (nSPS) is 25.5. The van der Waals surface area contributed by atoms with Crippen LogP contribution in [0.15, 0.2) is 36.4 Å². The van der Waals surface area contributed by atoms with Crippen LogP contribution in [0.5, 0.6) is 5.75 Å². The van der Waals surface area contributed by atoms with Crippen molar-refractivity contribution in [3.05, 3.63) is 53.6 Å². The lowest BCUT2D eigenvalue weighted by molar-refractivity contribution is -0.244. The number of benzene rings is 2. The van der Waals surface area contributed by atoms with E-state index < -0.39 is 77.8 Å². The van der Waals surface area contributed by atoms with E-state index in [2.05, 4.69) is 5.32 Å². The first-order chi connectivity index (χ1) is 15.4. The lowest BCUT2D eigenvalue weighted by Gasteiger charge is -2.42. The summed E-state index contributed by atoms with van der Waals surface area (Å²) in [5, 5.41) is 32.1. The van der Waals surface area contributed by atoms with Gasteiger partial charge in [-0.1, -0.05) is 12.1 Å². The number of alkyl halides is 3. The van der Waals surface area contributed by atoms with Crippen LogP contribution in [0.3, 0.4) is 0 Å². The summed E-state index contributed by atoms with van der Waals surface area (Å²) in [5.74, 6) is -3.82. The fraction of sp³-hybridized carbons (Fsp3) is 0.381. The number of aliphatic hydroxyl groups is 3. The van der Waals surface area contributed by atoms with Gasteiger partial charge in [0.1, 0.15) is 30.1 Å². The Morgan fingerprint density at radius 1 is 1.12 bits per heavy atom. The van der Waals surface area contributed by atoms with E-state index in [0.717, 1.165) is 25.1 Å².